The Hall–Kier alpha value is -3.71. The van der Waals surface area contributed by atoms with Gasteiger partial charge in [-0.05, 0) is 30.7 Å². The van der Waals surface area contributed by atoms with E-state index in [0.717, 1.165) is 37.4 Å². The molecule has 2 amide bonds. The molecule has 0 saturated carbocycles. The topological polar surface area (TPSA) is 114 Å². The van der Waals surface area contributed by atoms with E-state index in [1.54, 1.807) is 36.6 Å². The summed E-state index contributed by atoms with van der Waals surface area (Å²) < 4.78 is 21.9. The number of benzene rings is 1. The lowest BCUT2D eigenvalue weighted by Crippen LogP contribution is -2.44. The summed E-state index contributed by atoms with van der Waals surface area (Å²) in [5.41, 5.74) is 3.10. The van der Waals surface area contributed by atoms with Crippen LogP contribution in [0.1, 0.15) is 33.3 Å². The van der Waals surface area contributed by atoms with Crippen molar-refractivity contribution in [3.63, 3.8) is 0 Å². The van der Waals surface area contributed by atoms with Crippen LogP contribution in [0.4, 0.5) is 5.13 Å². The molecule has 0 spiro atoms. The van der Waals surface area contributed by atoms with E-state index < -0.39 is 0 Å². The molecule has 0 bridgehead atoms. The van der Waals surface area contributed by atoms with Crippen molar-refractivity contribution < 1.29 is 28.5 Å². The number of thiazole rings is 1. The van der Waals surface area contributed by atoms with Crippen molar-refractivity contribution in [2.24, 2.45) is 0 Å². The second kappa shape index (κ2) is 14.8. The third kappa shape index (κ3) is 7.33. The molecule has 0 unspecified atom stereocenters. The van der Waals surface area contributed by atoms with Gasteiger partial charge in [-0.2, -0.15) is 0 Å². The summed E-state index contributed by atoms with van der Waals surface area (Å²) in [5, 5.41) is 8.43. The summed E-state index contributed by atoms with van der Waals surface area (Å²) in [4.78, 5) is 34.9. The number of allylic oxidation sites excluding steroid dienone is 3. The van der Waals surface area contributed by atoms with Gasteiger partial charge in [0.25, 0.3) is 11.8 Å². The van der Waals surface area contributed by atoms with Crippen LogP contribution in [-0.4, -0.2) is 88.5 Å². The van der Waals surface area contributed by atoms with Crippen molar-refractivity contribution in [1.82, 2.24) is 20.5 Å². The number of amides is 2. The Balaban J connectivity index is 1.49. The van der Waals surface area contributed by atoms with Gasteiger partial charge in [0.05, 0.1) is 31.2 Å². The second-order valence-corrected chi connectivity index (χ2v) is 10.1. The standard InChI is InChI=1S/C29H37N5O6S/c1-5-7-24(33-10-8-30-9-11-33)22(6-2)31-27(35)23-19-41-29(32-23)34-18-20-16-25(39-14-12-37-3)26(40-15-13-38-4)17-21(20)28(34)36/h5-7,16-17,19,30H,1,8-15,18H2,2-4H3,(H,31,35)/b22-6+,24-7+. The predicted octanol–water partition coefficient (Wildman–Crippen LogP) is 2.96. The zero-order valence-corrected chi connectivity index (χ0v) is 24.6. The number of ether oxygens (including phenoxy) is 4. The van der Waals surface area contributed by atoms with E-state index in [9.17, 15) is 9.59 Å². The van der Waals surface area contributed by atoms with Crippen LogP contribution < -0.4 is 25.0 Å². The lowest BCUT2D eigenvalue weighted by Gasteiger charge is -2.32. The molecule has 2 N–H and O–H groups in total. The van der Waals surface area contributed by atoms with Crippen LogP contribution in [-0.2, 0) is 16.0 Å². The van der Waals surface area contributed by atoms with Gasteiger partial charge in [0.2, 0.25) is 0 Å². The van der Waals surface area contributed by atoms with Crippen LogP contribution in [0.15, 0.2) is 53.7 Å². The van der Waals surface area contributed by atoms with Gasteiger partial charge in [0.15, 0.2) is 16.6 Å². The first-order valence-electron chi connectivity index (χ1n) is 13.4. The number of carbonyl (C=O) groups is 2. The number of methoxy groups -OCH3 is 2. The summed E-state index contributed by atoms with van der Waals surface area (Å²) in [6.07, 6.45) is 5.47. The van der Waals surface area contributed by atoms with Crippen LogP contribution in [0.25, 0.3) is 0 Å². The van der Waals surface area contributed by atoms with Crippen LogP contribution in [0.2, 0.25) is 0 Å². The van der Waals surface area contributed by atoms with Crippen molar-refractivity contribution in [3.8, 4) is 11.5 Å². The van der Waals surface area contributed by atoms with Crippen molar-refractivity contribution >= 4 is 28.3 Å². The van der Waals surface area contributed by atoms with Gasteiger partial charge in [-0.25, -0.2) is 4.98 Å². The van der Waals surface area contributed by atoms with Gasteiger partial charge < -0.3 is 34.5 Å². The fraction of sp³-hybridized carbons (Fsp3) is 0.414. The number of hydrogen-bond acceptors (Lipinski definition) is 10. The quantitative estimate of drug-likeness (QED) is 0.256. The van der Waals surface area contributed by atoms with E-state index in [1.165, 1.54) is 11.3 Å². The van der Waals surface area contributed by atoms with Crippen molar-refractivity contribution in [2.75, 3.05) is 71.7 Å². The number of hydrogen-bond donors (Lipinski definition) is 2. The van der Waals surface area contributed by atoms with E-state index in [-0.39, 0.29) is 17.5 Å². The molecular weight excluding hydrogens is 546 g/mol. The van der Waals surface area contributed by atoms with E-state index >= 15 is 0 Å². The Bertz CT molecular complexity index is 1300. The molecule has 41 heavy (non-hydrogen) atoms. The zero-order valence-electron chi connectivity index (χ0n) is 23.7. The Morgan fingerprint density at radius 2 is 1.80 bits per heavy atom. The van der Waals surface area contributed by atoms with Crippen LogP contribution in [0.3, 0.4) is 0 Å². The van der Waals surface area contributed by atoms with E-state index in [4.69, 9.17) is 18.9 Å². The minimum absolute atomic E-state index is 0.217. The smallest absolute Gasteiger partial charge is 0.275 e. The van der Waals surface area contributed by atoms with Gasteiger partial charge in [-0.3, -0.25) is 14.5 Å². The zero-order chi connectivity index (χ0) is 29.2. The van der Waals surface area contributed by atoms with E-state index in [2.05, 4.69) is 27.1 Å². The molecule has 0 aliphatic carbocycles. The monoisotopic (exact) mass is 583 g/mol. The molecule has 1 aromatic carbocycles. The fourth-order valence-electron chi connectivity index (χ4n) is 4.52. The molecule has 0 atom stereocenters. The maximum Gasteiger partial charge on any atom is 0.275 e. The third-order valence-corrected chi connectivity index (χ3v) is 7.43. The minimum atomic E-state index is -0.350. The summed E-state index contributed by atoms with van der Waals surface area (Å²) in [7, 11) is 3.19. The van der Waals surface area contributed by atoms with Crippen LogP contribution >= 0.6 is 11.3 Å². The molecular formula is C29H37N5O6S. The van der Waals surface area contributed by atoms with Gasteiger partial charge in [0.1, 0.15) is 18.9 Å². The molecule has 0 radical (unpaired) electrons. The van der Waals surface area contributed by atoms with Crippen LogP contribution in [0, 0.1) is 0 Å². The van der Waals surface area contributed by atoms with Crippen molar-refractivity contribution in [1.29, 1.82) is 0 Å². The molecule has 1 fully saturated rings. The first kappa shape index (κ1) is 30.3. The van der Waals surface area contributed by atoms with E-state index in [1.807, 2.05) is 25.1 Å². The lowest BCUT2D eigenvalue weighted by molar-refractivity contribution is 0.0956. The average molecular weight is 584 g/mol. The molecule has 1 aromatic heterocycles. The second-order valence-electron chi connectivity index (χ2n) is 9.23. The Kier molecular flexibility index (Phi) is 10.9. The maximum absolute atomic E-state index is 13.4. The van der Waals surface area contributed by atoms with Crippen LogP contribution in [0.5, 0.6) is 11.5 Å². The highest BCUT2D eigenvalue weighted by molar-refractivity contribution is 7.14. The van der Waals surface area contributed by atoms with Crippen molar-refractivity contribution in [2.45, 2.75) is 13.5 Å². The Labute approximate surface area is 244 Å². The molecule has 2 aliphatic rings. The SMILES string of the molecule is C=C/C=C(\C(=C/C)NC(=O)c1csc(N2Cc3cc(OCCOC)c(OCCOC)cc3C2=O)n1)N1CCNCC1. The number of rotatable bonds is 14. The average Bonchev–Trinajstić information content (AvgIpc) is 3.60. The summed E-state index contributed by atoms with van der Waals surface area (Å²) in [6.45, 7) is 10.8. The van der Waals surface area contributed by atoms with Gasteiger partial charge in [-0.1, -0.05) is 18.7 Å². The maximum atomic E-state index is 13.4. The number of fused-ring (bicyclic) bond motifs is 1. The fourth-order valence-corrected chi connectivity index (χ4v) is 5.32. The first-order valence-corrected chi connectivity index (χ1v) is 14.3. The summed E-state index contributed by atoms with van der Waals surface area (Å²) >= 11 is 1.24. The molecule has 2 aliphatic heterocycles. The molecule has 3 heterocycles. The number of anilines is 1. The highest BCUT2D eigenvalue weighted by Gasteiger charge is 2.33. The van der Waals surface area contributed by atoms with Gasteiger partial charge in [0, 0.05) is 51.3 Å². The minimum Gasteiger partial charge on any atom is -0.487 e. The summed E-state index contributed by atoms with van der Waals surface area (Å²) in [6, 6.07) is 3.51. The lowest BCUT2D eigenvalue weighted by atomic mass is 10.1. The van der Waals surface area contributed by atoms with E-state index in [0.29, 0.717) is 60.9 Å². The third-order valence-electron chi connectivity index (χ3n) is 6.57. The number of nitrogens with zero attached hydrogens (tertiary/aromatic N) is 3. The molecule has 11 nitrogen and oxygen atoms in total. The highest BCUT2D eigenvalue weighted by atomic mass is 32.1. The summed E-state index contributed by atoms with van der Waals surface area (Å²) in [5.74, 6) is 0.415. The molecule has 2 aromatic rings. The largest absolute Gasteiger partial charge is 0.487 e. The molecule has 1 saturated heterocycles. The number of aromatic nitrogens is 1. The Morgan fingerprint density at radius 1 is 1.12 bits per heavy atom. The Morgan fingerprint density at radius 3 is 2.44 bits per heavy atom. The number of piperazine rings is 1. The predicted molar refractivity (Wildman–Crippen MR) is 158 cm³/mol. The highest BCUT2D eigenvalue weighted by Crippen LogP contribution is 2.38. The molecule has 4 rings (SSSR count). The molecule has 220 valence electrons. The van der Waals surface area contributed by atoms with Gasteiger partial charge in [-0.15, -0.1) is 11.3 Å². The van der Waals surface area contributed by atoms with Gasteiger partial charge >= 0.3 is 0 Å². The molecule has 12 heteroatoms. The number of carbonyl (C=O) groups excluding carboxylic acids is 2. The first-order chi connectivity index (χ1) is 20.0. The number of nitrogens with one attached hydrogen (secondary N) is 2. The van der Waals surface area contributed by atoms with Crippen molar-refractivity contribution in [3.05, 3.63) is 70.5 Å². The normalized spacial score (nSPS) is 15.6.